The Kier molecular flexibility index (Phi) is 8.75. The summed E-state index contributed by atoms with van der Waals surface area (Å²) in [6.07, 6.45) is 15.1. The third kappa shape index (κ3) is 5.08. The summed E-state index contributed by atoms with van der Waals surface area (Å²) < 4.78 is 6.26. The minimum absolute atomic E-state index is 0.00955. The van der Waals surface area contributed by atoms with Crippen molar-refractivity contribution in [2.24, 2.45) is 62.6 Å². The average molecular weight is 630 g/mol. The maximum Gasteiger partial charge on any atom is 0.306 e. The van der Waals surface area contributed by atoms with Crippen molar-refractivity contribution in [2.45, 2.75) is 145 Å². The minimum Gasteiger partial charge on any atom is -0.462 e. The SMILES string of the molecule is C=C(C)C1CC[C@]2(C(=O)CCc3ccccn3)CC[C@]3(C)C(CCC4[C@@]5(C)CCC(OC(=O)CC(C)C)C(C)(C)C5CC[C@]43C)C12. The van der Waals surface area contributed by atoms with Gasteiger partial charge in [0.25, 0.3) is 0 Å². The van der Waals surface area contributed by atoms with Gasteiger partial charge in [0, 0.05) is 35.6 Å². The third-order valence-electron chi connectivity index (χ3n) is 15.7. The fraction of sp³-hybridized carbons (Fsp3) is 0.786. The smallest absolute Gasteiger partial charge is 0.306 e. The third-order valence-corrected chi connectivity index (χ3v) is 15.7. The number of esters is 1. The van der Waals surface area contributed by atoms with Crippen LogP contribution in [-0.2, 0) is 20.7 Å². The van der Waals surface area contributed by atoms with Crippen LogP contribution in [0, 0.1) is 62.6 Å². The number of carbonyl (C=O) groups excluding carboxylic acids is 2. The van der Waals surface area contributed by atoms with Crippen LogP contribution >= 0.6 is 0 Å². The molecule has 0 spiro atoms. The molecular formula is C42H63NO3. The maximum absolute atomic E-state index is 14.5. The Morgan fingerprint density at radius 1 is 0.913 bits per heavy atom. The minimum atomic E-state index is -0.202. The molecule has 6 rings (SSSR count). The number of nitrogens with zero attached hydrogens (tertiary/aromatic N) is 1. The summed E-state index contributed by atoms with van der Waals surface area (Å²) in [4.78, 5) is 31.8. The Bertz CT molecular complexity index is 1330. The largest absolute Gasteiger partial charge is 0.462 e. The van der Waals surface area contributed by atoms with E-state index in [0.717, 1.165) is 44.2 Å². The van der Waals surface area contributed by atoms with Gasteiger partial charge in [0.15, 0.2) is 0 Å². The molecule has 0 aliphatic heterocycles. The quantitative estimate of drug-likeness (QED) is 0.212. The molecule has 0 aromatic carbocycles. The average Bonchev–Trinajstić information content (AvgIpc) is 3.39. The number of ether oxygens (including phenoxy) is 1. The molecule has 5 aliphatic carbocycles. The molecule has 0 amide bonds. The van der Waals surface area contributed by atoms with E-state index in [4.69, 9.17) is 4.74 Å². The number of rotatable bonds is 8. The zero-order valence-electron chi connectivity index (χ0n) is 30.4. The second-order valence-electron chi connectivity index (χ2n) is 18.5. The highest BCUT2D eigenvalue weighted by Crippen LogP contribution is 2.77. The summed E-state index contributed by atoms with van der Waals surface area (Å²) >= 11 is 0. The number of aromatic nitrogens is 1. The van der Waals surface area contributed by atoms with Crippen molar-refractivity contribution in [1.29, 1.82) is 0 Å². The monoisotopic (exact) mass is 629 g/mol. The van der Waals surface area contributed by atoms with Crippen LogP contribution in [0.3, 0.4) is 0 Å². The molecule has 1 heterocycles. The summed E-state index contributed by atoms with van der Waals surface area (Å²) in [6, 6.07) is 6.06. The van der Waals surface area contributed by atoms with Crippen molar-refractivity contribution in [3.8, 4) is 0 Å². The predicted octanol–water partition coefficient (Wildman–Crippen LogP) is 10.2. The van der Waals surface area contributed by atoms with Crippen LogP contribution in [0.2, 0.25) is 0 Å². The Balaban J connectivity index is 1.28. The van der Waals surface area contributed by atoms with Gasteiger partial charge in [-0.2, -0.15) is 0 Å². The number of pyridine rings is 1. The topological polar surface area (TPSA) is 56.3 Å². The number of ketones is 1. The lowest BCUT2D eigenvalue weighted by atomic mass is 9.32. The number of hydrogen-bond donors (Lipinski definition) is 0. The van der Waals surface area contributed by atoms with E-state index in [0.29, 0.717) is 54.1 Å². The van der Waals surface area contributed by atoms with Crippen molar-refractivity contribution in [3.63, 3.8) is 0 Å². The molecule has 6 unspecified atom stereocenters. The lowest BCUT2D eigenvalue weighted by Crippen LogP contribution is -2.67. The van der Waals surface area contributed by atoms with Gasteiger partial charge in [-0.05, 0) is 141 Å². The summed E-state index contributed by atoms with van der Waals surface area (Å²) in [5, 5.41) is 0. The molecule has 254 valence electrons. The number of Topliss-reactive ketones (excluding diaryl/α,β-unsaturated/α-hetero) is 1. The van der Waals surface area contributed by atoms with Gasteiger partial charge in [-0.15, -0.1) is 0 Å². The number of carbonyl (C=O) groups is 2. The molecule has 4 heteroatoms. The van der Waals surface area contributed by atoms with E-state index in [2.05, 4.69) is 73.0 Å². The molecule has 5 aliphatic rings. The maximum atomic E-state index is 14.5. The van der Waals surface area contributed by atoms with Crippen molar-refractivity contribution in [3.05, 3.63) is 42.2 Å². The Morgan fingerprint density at radius 3 is 2.35 bits per heavy atom. The zero-order chi connectivity index (χ0) is 33.3. The lowest BCUT2D eigenvalue weighted by Gasteiger charge is -2.73. The van der Waals surface area contributed by atoms with Crippen LogP contribution < -0.4 is 0 Å². The molecule has 46 heavy (non-hydrogen) atoms. The number of aryl methyl sites for hydroxylation is 1. The van der Waals surface area contributed by atoms with E-state index in [9.17, 15) is 9.59 Å². The van der Waals surface area contributed by atoms with Gasteiger partial charge in [-0.3, -0.25) is 14.6 Å². The Hall–Kier alpha value is -1.97. The second kappa shape index (κ2) is 11.9. The van der Waals surface area contributed by atoms with E-state index in [1.807, 2.05) is 18.3 Å². The molecule has 1 aromatic heterocycles. The number of fused-ring (bicyclic) bond motifs is 7. The van der Waals surface area contributed by atoms with Crippen LogP contribution in [0.25, 0.3) is 0 Å². The van der Waals surface area contributed by atoms with E-state index in [1.54, 1.807) is 0 Å². The second-order valence-corrected chi connectivity index (χ2v) is 18.5. The highest BCUT2D eigenvalue weighted by molar-refractivity contribution is 5.86. The normalized spacial score (nSPS) is 42.7. The van der Waals surface area contributed by atoms with Gasteiger partial charge >= 0.3 is 5.97 Å². The predicted molar refractivity (Wildman–Crippen MR) is 186 cm³/mol. The molecule has 4 nitrogen and oxygen atoms in total. The van der Waals surface area contributed by atoms with Gasteiger partial charge in [-0.1, -0.05) is 66.7 Å². The molecule has 0 radical (unpaired) electrons. The summed E-state index contributed by atoms with van der Waals surface area (Å²) in [5.74, 6) is 3.44. The van der Waals surface area contributed by atoms with Crippen LogP contribution in [0.5, 0.6) is 0 Å². The number of hydrogen-bond acceptors (Lipinski definition) is 4. The zero-order valence-corrected chi connectivity index (χ0v) is 30.4. The molecule has 5 fully saturated rings. The van der Waals surface area contributed by atoms with Crippen molar-refractivity contribution in [2.75, 3.05) is 0 Å². The highest BCUT2D eigenvalue weighted by Gasteiger charge is 2.71. The van der Waals surface area contributed by atoms with Gasteiger partial charge in [-0.25, -0.2) is 0 Å². The van der Waals surface area contributed by atoms with E-state index in [1.165, 1.54) is 37.7 Å². The van der Waals surface area contributed by atoms with Gasteiger partial charge in [0.2, 0.25) is 0 Å². The standard InChI is InChI=1S/C42H63NO3/c1-27(2)26-36(45)46-35-19-20-39(7)32(38(35,5)6)18-21-41(9)33(39)15-14-31-37-30(28(3)4)17-22-42(37,24-23-40(31,41)8)34(44)16-13-29-12-10-11-25-43-29/h10-12,25,27,30-33,35,37H,3,13-24,26H2,1-2,4-9H3/t30?,31?,32?,33?,35?,37?,39-,40+,41+,42+/m0/s1. The molecule has 0 saturated heterocycles. The van der Waals surface area contributed by atoms with Crippen LogP contribution in [0.4, 0.5) is 0 Å². The summed E-state index contributed by atoms with van der Waals surface area (Å²) in [5.41, 5.74) is 2.78. The van der Waals surface area contributed by atoms with Crippen molar-refractivity contribution >= 4 is 11.8 Å². The molecular weight excluding hydrogens is 566 g/mol. The van der Waals surface area contributed by atoms with Gasteiger partial charge < -0.3 is 4.74 Å². The Labute approximate surface area is 280 Å². The first-order valence-electron chi connectivity index (χ1n) is 18.9. The first kappa shape index (κ1) is 33.9. The Morgan fingerprint density at radius 2 is 1.67 bits per heavy atom. The molecule has 10 atom stereocenters. The summed E-state index contributed by atoms with van der Waals surface area (Å²) in [6.45, 7) is 23.7. The van der Waals surface area contributed by atoms with Crippen LogP contribution in [-0.4, -0.2) is 22.8 Å². The molecule has 1 aromatic rings. The fourth-order valence-electron chi connectivity index (χ4n) is 13.4. The van der Waals surface area contributed by atoms with Crippen molar-refractivity contribution < 1.29 is 14.3 Å². The summed E-state index contributed by atoms with van der Waals surface area (Å²) in [7, 11) is 0. The van der Waals surface area contributed by atoms with E-state index < -0.39 is 0 Å². The highest BCUT2D eigenvalue weighted by atomic mass is 16.5. The van der Waals surface area contributed by atoms with Gasteiger partial charge in [0.1, 0.15) is 11.9 Å². The van der Waals surface area contributed by atoms with E-state index >= 15 is 0 Å². The molecule has 0 N–H and O–H groups in total. The lowest BCUT2D eigenvalue weighted by molar-refractivity contribution is -0.249. The van der Waals surface area contributed by atoms with Gasteiger partial charge in [0.05, 0.1) is 0 Å². The molecule has 0 bridgehead atoms. The first-order valence-corrected chi connectivity index (χ1v) is 18.9. The van der Waals surface area contributed by atoms with Crippen LogP contribution in [0.15, 0.2) is 36.5 Å². The fourth-order valence-corrected chi connectivity index (χ4v) is 13.4. The van der Waals surface area contributed by atoms with Crippen LogP contribution in [0.1, 0.15) is 138 Å². The van der Waals surface area contributed by atoms with E-state index in [-0.39, 0.29) is 39.1 Å². The number of allylic oxidation sites excluding steroid dienone is 1. The van der Waals surface area contributed by atoms with Crippen molar-refractivity contribution in [1.82, 2.24) is 4.98 Å². The molecule has 5 saturated carbocycles. The first-order chi connectivity index (χ1) is 21.6.